The summed E-state index contributed by atoms with van der Waals surface area (Å²) in [5, 5.41) is 3.33. The van der Waals surface area contributed by atoms with Crippen molar-refractivity contribution in [3.05, 3.63) is 83.3 Å². The van der Waals surface area contributed by atoms with Crippen LogP contribution in [0.4, 0.5) is 0 Å². The van der Waals surface area contributed by atoms with Gasteiger partial charge in [0.25, 0.3) is 0 Å². The summed E-state index contributed by atoms with van der Waals surface area (Å²) in [7, 11) is 0. The van der Waals surface area contributed by atoms with E-state index in [2.05, 4.69) is 58.5 Å². The lowest BCUT2D eigenvalue weighted by Crippen LogP contribution is -2.14. The highest BCUT2D eigenvalue weighted by Crippen LogP contribution is 2.21. The third-order valence-corrected chi connectivity index (χ3v) is 3.81. The molecule has 0 atom stereocenters. The molecule has 0 fully saturated rings. The molecule has 0 aromatic rings. The van der Waals surface area contributed by atoms with Crippen molar-refractivity contribution < 1.29 is 0 Å². The van der Waals surface area contributed by atoms with Crippen LogP contribution in [0.3, 0.4) is 0 Å². The van der Waals surface area contributed by atoms with E-state index in [-0.39, 0.29) is 0 Å². The Morgan fingerprint density at radius 3 is 1.77 bits per heavy atom. The first-order valence-corrected chi connectivity index (χ1v) is 7.64. The number of rotatable bonds is 8. The molecular formula is C21H31N. The average molecular weight is 297 g/mol. The second-order valence-electron chi connectivity index (χ2n) is 5.84. The smallest absolute Gasteiger partial charge is 0.0384 e. The number of allylic oxidation sites excluding steroid dienone is 7. The Morgan fingerprint density at radius 1 is 0.818 bits per heavy atom. The van der Waals surface area contributed by atoms with Crippen molar-refractivity contribution in [2.75, 3.05) is 0 Å². The molecule has 120 valence electrons. The molecule has 0 aromatic carbocycles. The molecule has 0 spiro atoms. The molecule has 1 heteroatoms. The fraction of sp³-hybridized carbons (Fsp3) is 0.333. The lowest BCUT2D eigenvalue weighted by molar-refractivity contribution is 0.972. The van der Waals surface area contributed by atoms with Gasteiger partial charge in [-0.2, -0.15) is 0 Å². The van der Waals surface area contributed by atoms with Gasteiger partial charge in [-0.1, -0.05) is 62.1 Å². The molecule has 0 unspecified atom stereocenters. The van der Waals surface area contributed by atoms with Crippen LogP contribution in [0.1, 0.15) is 48.0 Å². The Hall–Kier alpha value is -2.02. The zero-order valence-corrected chi connectivity index (χ0v) is 15.2. The van der Waals surface area contributed by atoms with Crippen molar-refractivity contribution in [1.82, 2.24) is 5.32 Å². The van der Waals surface area contributed by atoms with Gasteiger partial charge in [0.05, 0.1) is 0 Å². The van der Waals surface area contributed by atoms with E-state index in [1.807, 2.05) is 26.8 Å². The predicted molar refractivity (Wildman–Crippen MR) is 102 cm³/mol. The molecule has 0 aliphatic carbocycles. The van der Waals surface area contributed by atoms with Gasteiger partial charge in [-0.05, 0) is 57.8 Å². The Bertz CT molecular complexity index is 577. The van der Waals surface area contributed by atoms with Crippen molar-refractivity contribution in [2.45, 2.75) is 48.0 Å². The normalized spacial score (nSPS) is 13.4. The minimum Gasteiger partial charge on any atom is -0.356 e. The molecule has 0 radical (unpaired) electrons. The van der Waals surface area contributed by atoms with Gasteiger partial charge in [-0.25, -0.2) is 0 Å². The highest BCUT2D eigenvalue weighted by atomic mass is 14.9. The molecule has 0 rings (SSSR count). The van der Waals surface area contributed by atoms with E-state index in [0.29, 0.717) is 0 Å². The standard InChI is InChI=1S/C21H31N/c1-11-16(6)21(13-12-14(2)3)20(10)22-19(9)18(8)17(7)15(4)5/h12-13,22H,2,4,9-11H2,1,3,5-8H3/b13-12-,18-17+,21-16-. The van der Waals surface area contributed by atoms with E-state index >= 15 is 0 Å². The molecule has 1 N–H and O–H groups in total. The molecule has 0 heterocycles. The van der Waals surface area contributed by atoms with E-state index in [0.717, 1.165) is 45.7 Å². The predicted octanol–water partition coefficient (Wildman–Crippen LogP) is 6.37. The molecule has 0 amide bonds. The van der Waals surface area contributed by atoms with Crippen LogP contribution < -0.4 is 5.32 Å². The molecule has 0 aliphatic heterocycles. The van der Waals surface area contributed by atoms with Gasteiger partial charge in [0.15, 0.2) is 0 Å². The average Bonchev–Trinajstić information content (AvgIpc) is 2.44. The van der Waals surface area contributed by atoms with Gasteiger partial charge in [-0.3, -0.25) is 0 Å². The molecule has 0 aliphatic rings. The third kappa shape index (κ3) is 6.17. The van der Waals surface area contributed by atoms with E-state index in [4.69, 9.17) is 0 Å². The van der Waals surface area contributed by atoms with Crippen molar-refractivity contribution in [1.29, 1.82) is 0 Å². The SMILES string of the molecule is C=C(C)/C=C\C(C(=C)NC(=C)/C(C)=C(\C)C(=C)C)=C(/C)CC. The minimum absolute atomic E-state index is 0.857. The lowest BCUT2D eigenvalue weighted by Gasteiger charge is -2.17. The summed E-state index contributed by atoms with van der Waals surface area (Å²) >= 11 is 0. The first-order chi connectivity index (χ1) is 10.1. The molecule has 0 saturated heterocycles. The topological polar surface area (TPSA) is 12.0 Å². The number of hydrogen-bond acceptors (Lipinski definition) is 1. The maximum Gasteiger partial charge on any atom is 0.0384 e. The monoisotopic (exact) mass is 297 g/mol. The summed E-state index contributed by atoms with van der Waals surface area (Å²) in [5.41, 5.74) is 8.42. The highest BCUT2D eigenvalue weighted by Gasteiger charge is 2.07. The number of hydrogen-bond donors (Lipinski definition) is 1. The summed E-state index contributed by atoms with van der Waals surface area (Å²) < 4.78 is 0. The summed E-state index contributed by atoms with van der Waals surface area (Å²) in [4.78, 5) is 0. The maximum atomic E-state index is 4.17. The van der Waals surface area contributed by atoms with Crippen molar-refractivity contribution >= 4 is 0 Å². The van der Waals surface area contributed by atoms with Crippen LogP contribution in [0.5, 0.6) is 0 Å². The van der Waals surface area contributed by atoms with Crippen LogP contribution in [0.15, 0.2) is 83.3 Å². The molecule has 0 bridgehead atoms. The van der Waals surface area contributed by atoms with Crippen molar-refractivity contribution in [2.24, 2.45) is 0 Å². The van der Waals surface area contributed by atoms with Crippen LogP contribution >= 0.6 is 0 Å². The second kappa shape index (κ2) is 9.09. The van der Waals surface area contributed by atoms with E-state index in [1.54, 1.807) is 0 Å². The highest BCUT2D eigenvalue weighted by molar-refractivity contribution is 5.47. The van der Waals surface area contributed by atoms with Gasteiger partial charge in [-0.15, -0.1) is 0 Å². The van der Waals surface area contributed by atoms with Crippen molar-refractivity contribution in [3.63, 3.8) is 0 Å². The fourth-order valence-electron chi connectivity index (χ4n) is 1.81. The van der Waals surface area contributed by atoms with E-state index < -0.39 is 0 Å². The first kappa shape index (κ1) is 20.0. The van der Waals surface area contributed by atoms with Gasteiger partial charge >= 0.3 is 0 Å². The van der Waals surface area contributed by atoms with Gasteiger partial charge in [0.1, 0.15) is 0 Å². The Balaban J connectivity index is 5.39. The largest absolute Gasteiger partial charge is 0.356 e. The first-order valence-electron chi connectivity index (χ1n) is 7.64. The molecule has 0 aromatic heterocycles. The Kier molecular flexibility index (Phi) is 8.26. The fourth-order valence-corrected chi connectivity index (χ4v) is 1.81. The van der Waals surface area contributed by atoms with E-state index in [1.165, 1.54) is 5.57 Å². The van der Waals surface area contributed by atoms with Crippen LogP contribution in [0.2, 0.25) is 0 Å². The molecule has 1 nitrogen and oxygen atoms in total. The van der Waals surface area contributed by atoms with Gasteiger partial charge in [0.2, 0.25) is 0 Å². The third-order valence-electron chi connectivity index (χ3n) is 3.81. The van der Waals surface area contributed by atoms with Crippen LogP contribution in [0, 0.1) is 0 Å². The Morgan fingerprint density at radius 2 is 1.36 bits per heavy atom. The van der Waals surface area contributed by atoms with Crippen LogP contribution in [-0.4, -0.2) is 0 Å². The summed E-state index contributed by atoms with van der Waals surface area (Å²) in [5.74, 6) is 0. The maximum absolute atomic E-state index is 4.17. The minimum atomic E-state index is 0.857. The van der Waals surface area contributed by atoms with Crippen LogP contribution in [-0.2, 0) is 0 Å². The molecular weight excluding hydrogens is 266 g/mol. The summed E-state index contributed by atoms with van der Waals surface area (Å²) in [6, 6.07) is 0. The van der Waals surface area contributed by atoms with Gasteiger partial charge in [0, 0.05) is 11.4 Å². The summed E-state index contributed by atoms with van der Waals surface area (Å²) in [6.45, 7) is 28.5. The zero-order valence-electron chi connectivity index (χ0n) is 15.2. The molecule has 0 saturated carbocycles. The molecule has 22 heavy (non-hydrogen) atoms. The zero-order chi connectivity index (χ0) is 17.4. The lowest BCUT2D eigenvalue weighted by atomic mass is 10.0. The van der Waals surface area contributed by atoms with Gasteiger partial charge < -0.3 is 5.32 Å². The van der Waals surface area contributed by atoms with E-state index in [9.17, 15) is 0 Å². The van der Waals surface area contributed by atoms with Crippen LogP contribution in [0.25, 0.3) is 0 Å². The van der Waals surface area contributed by atoms with Crippen molar-refractivity contribution in [3.8, 4) is 0 Å². The second-order valence-corrected chi connectivity index (χ2v) is 5.84. The quantitative estimate of drug-likeness (QED) is 0.513. The Labute approximate surface area is 137 Å². The summed E-state index contributed by atoms with van der Waals surface area (Å²) in [6.07, 6.45) is 5.04. The number of nitrogens with one attached hydrogen (secondary N) is 1.